The monoisotopic (exact) mass is 467 g/mol. The second-order valence-electron chi connectivity index (χ2n) is 8.23. The van der Waals surface area contributed by atoms with E-state index >= 15 is 0 Å². The molecule has 1 aromatic rings. The Balaban J connectivity index is 2.66. The third-order valence-electron chi connectivity index (χ3n) is 4.15. The molecule has 0 aliphatic heterocycles. The van der Waals surface area contributed by atoms with Crippen molar-refractivity contribution in [1.29, 1.82) is 0 Å². The number of alkyl carbamates (subject to hydrolysis) is 2. The van der Waals surface area contributed by atoms with Gasteiger partial charge >= 0.3 is 18.2 Å². The van der Waals surface area contributed by atoms with Gasteiger partial charge in [-0.05, 0) is 39.7 Å². The van der Waals surface area contributed by atoms with E-state index in [4.69, 9.17) is 9.47 Å². The SMILES string of the molecule is COC(=O)[C@H](CCNC(=O)OC(C)(C)C)NC(=O)[C@@H](NC(=O)OCc1ccccc1)[C@@H](C)O. The van der Waals surface area contributed by atoms with E-state index in [9.17, 15) is 24.3 Å². The molecule has 11 heteroatoms. The molecule has 1 rings (SSSR count). The summed E-state index contributed by atoms with van der Waals surface area (Å²) in [6, 6.07) is 6.38. The predicted molar refractivity (Wildman–Crippen MR) is 118 cm³/mol. The minimum atomic E-state index is -1.39. The molecule has 0 aliphatic rings. The molecule has 0 aliphatic carbocycles. The number of aliphatic hydroxyl groups excluding tert-OH is 1. The van der Waals surface area contributed by atoms with Crippen molar-refractivity contribution >= 4 is 24.1 Å². The van der Waals surface area contributed by atoms with Crippen molar-refractivity contribution in [2.75, 3.05) is 13.7 Å². The third-order valence-corrected chi connectivity index (χ3v) is 4.15. The smallest absolute Gasteiger partial charge is 0.408 e. The van der Waals surface area contributed by atoms with Gasteiger partial charge in [-0.15, -0.1) is 0 Å². The van der Waals surface area contributed by atoms with Crippen LogP contribution in [0.5, 0.6) is 0 Å². The summed E-state index contributed by atoms with van der Waals surface area (Å²) < 4.78 is 14.9. The maximum absolute atomic E-state index is 12.6. The van der Waals surface area contributed by atoms with Crippen molar-refractivity contribution in [3.05, 3.63) is 35.9 Å². The lowest BCUT2D eigenvalue weighted by atomic mass is 10.1. The first-order valence-corrected chi connectivity index (χ1v) is 10.4. The molecule has 4 N–H and O–H groups in total. The van der Waals surface area contributed by atoms with Crippen LogP contribution in [-0.4, -0.2) is 66.6 Å². The molecule has 0 fully saturated rings. The van der Waals surface area contributed by atoms with Gasteiger partial charge in [0, 0.05) is 6.54 Å². The quantitative estimate of drug-likeness (QED) is 0.296. The highest BCUT2D eigenvalue weighted by Crippen LogP contribution is 2.07. The van der Waals surface area contributed by atoms with E-state index in [0.29, 0.717) is 0 Å². The average Bonchev–Trinajstić information content (AvgIpc) is 2.73. The standard InChI is InChI=1S/C22H33N3O8/c1-14(26)17(25-21(30)32-13-15-9-7-6-8-10-15)18(27)24-16(19(28)31-5)11-12-23-20(29)33-22(2,3)4/h6-10,14,16-17,26H,11-13H2,1-5H3,(H,23,29)(H,24,27)(H,25,30)/t14-,16+,17+/m1/s1. The maximum atomic E-state index is 12.6. The van der Waals surface area contributed by atoms with Crippen molar-refractivity contribution in [1.82, 2.24) is 16.0 Å². The Labute approximate surface area is 193 Å². The molecule has 0 heterocycles. The van der Waals surface area contributed by atoms with Gasteiger partial charge in [-0.25, -0.2) is 14.4 Å². The van der Waals surface area contributed by atoms with E-state index in [1.807, 2.05) is 6.07 Å². The number of esters is 1. The molecule has 0 radical (unpaired) electrons. The molecule has 0 spiro atoms. The lowest BCUT2D eigenvalue weighted by molar-refractivity contribution is -0.145. The number of nitrogens with one attached hydrogen (secondary N) is 3. The minimum absolute atomic E-state index is 0.000844. The summed E-state index contributed by atoms with van der Waals surface area (Å²) in [6.07, 6.45) is -2.89. The van der Waals surface area contributed by atoms with Crippen LogP contribution in [0.25, 0.3) is 0 Å². The fourth-order valence-corrected chi connectivity index (χ4v) is 2.58. The van der Waals surface area contributed by atoms with E-state index in [0.717, 1.165) is 12.7 Å². The zero-order chi connectivity index (χ0) is 25.0. The van der Waals surface area contributed by atoms with Crippen LogP contribution in [0.2, 0.25) is 0 Å². The van der Waals surface area contributed by atoms with E-state index in [1.54, 1.807) is 45.0 Å². The van der Waals surface area contributed by atoms with Crippen molar-refractivity contribution < 1.29 is 38.5 Å². The Hall–Kier alpha value is -3.34. The van der Waals surface area contributed by atoms with Crippen LogP contribution < -0.4 is 16.0 Å². The van der Waals surface area contributed by atoms with Crippen LogP contribution in [0.15, 0.2) is 30.3 Å². The van der Waals surface area contributed by atoms with Gasteiger partial charge in [-0.2, -0.15) is 0 Å². The normalized spacial score (nSPS) is 13.6. The van der Waals surface area contributed by atoms with Crippen LogP contribution in [-0.2, 0) is 30.4 Å². The molecule has 0 aromatic heterocycles. The zero-order valence-corrected chi connectivity index (χ0v) is 19.5. The van der Waals surface area contributed by atoms with Crippen LogP contribution >= 0.6 is 0 Å². The van der Waals surface area contributed by atoms with Crippen LogP contribution in [0.4, 0.5) is 9.59 Å². The average molecular weight is 468 g/mol. The Morgan fingerprint density at radius 3 is 2.21 bits per heavy atom. The van der Waals surface area contributed by atoms with Gasteiger partial charge in [0.15, 0.2) is 0 Å². The molecule has 33 heavy (non-hydrogen) atoms. The summed E-state index contributed by atoms with van der Waals surface area (Å²) in [5, 5.41) is 17.1. The van der Waals surface area contributed by atoms with Gasteiger partial charge in [0.1, 0.15) is 24.3 Å². The Morgan fingerprint density at radius 2 is 1.67 bits per heavy atom. The van der Waals surface area contributed by atoms with Crippen molar-refractivity contribution in [3.63, 3.8) is 0 Å². The van der Waals surface area contributed by atoms with Gasteiger partial charge in [0.25, 0.3) is 0 Å². The molecule has 1 aromatic carbocycles. The summed E-state index contributed by atoms with van der Waals surface area (Å²) in [6.45, 7) is 6.40. The Kier molecular flexibility index (Phi) is 11.1. The van der Waals surface area contributed by atoms with Gasteiger partial charge < -0.3 is 35.3 Å². The molecule has 0 saturated carbocycles. The second kappa shape index (κ2) is 13.3. The number of carbonyl (C=O) groups is 4. The molecule has 0 saturated heterocycles. The van der Waals surface area contributed by atoms with E-state index in [1.165, 1.54) is 6.92 Å². The summed E-state index contributed by atoms with van der Waals surface area (Å²) >= 11 is 0. The van der Waals surface area contributed by atoms with Crippen LogP contribution in [0, 0.1) is 0 Å². The molecule has 3 atom stereocenters. The van der Waals surface area contributed by atoms with Crippen molar-refractivity contribution in [2.24, 2.45) is 0 Å². The second-order valence-corrected chi connectivity index (χ2v) is 8.23. The topological polar surface area (TPSA) is 152 Å². The maximum Gasteiger partial charge on any atom is 0.408 e. The summed E-state index contributed by atoms with van der Waals surface area (Å²) in [7, 11) is 1.15. The third kappa shape index (κ3) is 11.2. The summed E-state index contributed by atoms with van der Waals surface area (Å²) in [5.41, 5.74) is 0.0552. The fraction of sp³-hybridized carbons (Fsp3) is 0.545. The van der Waals surface area contributed by atoms with E-state index < -0.39 is 47.9 Å². The first kappa shape index (κ1) is 27.7. The predicted octanol–water partition coefficient (Wildman–Crippen LogP) is 1.23. The highest BCUT2D eigenvalue weighted by Gasteiger charge is 2.30. The minimum Gasteiger partial charge on any atom is -0.467 e. The number of amides is 3. The van der Waals surface area contributed by atoms with Crippen LogP contribution in [0.3, 0.4) is 0 Å². The Bertz CT molecular complexity index is 793. The molecular weight excluding hydrogens is 434 g/mol. The number of ether oxygens (including phenoxy) is 3. The molecule has 3 amide bonds. The van der Waals surface area contributed by atoms with Crippen LogP contribution in [0.1, 0.15) is 39.7 Å². The molecular formula is C22H33N3O8. The first-order valence-electron chi connectivity index (χ1n) is 10.4. The number of aliphatic hydroxyl groups is 1. The van der Waals surface area contributed by atoms with Gasteiger partial charge in [-0.3, -0.25) is 4.79 Å². The molecule has 0 bridgehead atoms. The number of hydrogen-bond acceptors (Lipinski definition) is 8. The van der Waals surface area contributed by atoms with E-state index in [2.05, 4.69) is 20.7 Å². The summed E-state index contributed by atoms with van der Waals surface area (Å²) in [5.74, 6) is -1.58. The largest absolute Gasteiger partial charge is 0.467 e. The molecule has 11 nitrogen and oxygen atoms in total. The summed E-state index contributed by atoms with van der Waals surface area (Å²) in [4.78, 5) is 48.6. The highest BCUT2D eigenvalue weighted by molar-refractivity contribution is 5.90. The van der Waals surface area contributed by atoms with Crippen molar-refractivity contribution in [3.8, 4) is 0 Å². The molecule has 0 unspecified atom stereocenters. The number of carbonyl (C=O) groups excluding carboxylic acids is 4. The number of benzene rings is 1. The van der Waals surface area contributed by atoms with Gasteiger partial charge in [0.05, 0.1) is 13.2 Å². The fourth-order valence-electron chi connectivity index (χ4n) is 2.58. The number of rotatable bonds is 10. The van der Waals surface area contributed by atoms with E-state index in [-0.39, 0.29) is 19.6 Å². The lowest BCUT2D eigenvalue weighted by Gasteiger charge is -2.24. The van der Waals surface area contributed by atoms with Gasteiger partial charge in [0.2, 0.25) is 5.91 Å². The van der Waals surface area contributed by atoms with Gasteiger partial charge in [-0.1, -0.05) is 30.3 Å². The highest BCUT2D eigenvalue weighted by atomic mass is 16.6. The zero-order valence-electron chi connectivity index (χ0n) is 19.5. The number of hydrogen-bond donors (Lipinski definition) is 4. The lowest BCUT2D eigenvalue weighted by Crippen LogP contribution is -2.56. The number of methoxy groups -OCH3 is 1. The van der Waals surface area contributed by atoms with Crippen molar-refractivity contribution in [2.45, 2.75) is 64.5 Å². The Morgan fingerprint density at radius 1 is 1.03 bits per heavy atom. The molecule has 184 valence electrons. The first-order chi connectivity index (χ1) is 15.4.